The van der Waals surface area contributed by atoms with E-state index in [2.05, 4.69) is 16.0 Å². The Balaban J connectivity index is 2.05. The molecule has 0 spiro atoms. The lowest BCUT2D eigenvalue weighted by Crippen LogP contribution is -1.88. The third-order valence-corrected chi connectivity index (χ3v) is 3.19. The molecule has 3 nitrogen and oxygen atoms in total. The van der Waals surface area contributed by atoms with E-state index in [9.17, 15) is 0 Å². The van der Waals surface area contributed by atoms with Crippen LogP contribution in [-0.2, 0) is 11.3 Å². The Hall–Kier alpha value is -1.84. The second-order valence-corrected chi connectivity index (χ2v) is 4.82. The van der Waals surface area contributed by atoms with E-state index >= 15 is 0 Å². The number of hydrogen-bond acceptors (Lipinski definition) is 2. The molecule has 0 bridgehead atoms. The predicted molar refractivity (Wildman–Crippen MR) is 77.3 cm³/mol. The zero-order valence-electron chi connectivity index (χ0n) is 10.5. The van der Waals surface area contributed by atoms with E-state index in [4.69, 9.17) is 16.3 Å². The van der Waals surface area contributed by atoms with Gasteiger partial charge in [0.25, 0.3) is 0 Å². The first-order valence-corrected chi connectivity index (χ1v) is 6.37. The fraction of sp³-hybridized carbons (Fsp3) is 0.133. The molecular formula is C15H13ClN2O. The van der Waals surface area contributed by atoms with E-state index in [1.165, 1.54) is 0 Å². The molecule has 0 unspecified atom stereocenters. The molecule has 2 aromatic carbocycles. The highest BCUT2D eigenvalue weighted by Crippen LogP contribution is 2.23. The number of ether oxygens (including phenoxy) is 1. The zero-order valence-corrected chi connectivity index (χ0v) is 11.2. The van der Waals surface area contributed by atoms with Crippen molar-refractivity contribution >= 4 is 22.6 Å². The largest absolute Gasteiger partial charge is 0.380 e. The van der Waals surface area contributed by atoms with Crippen LogP contribution in [-0.4, -0.2) is 17.1 Å². The fourth-order valence-corrected chi connectivity index (χ4v) is 2.27. The summed E-state index contributed by atoms with van der Waals surface area (Å²) in [5, 5.41) is 0.704. The van der Waals surface area contributed by atoms with Crippen LogP contribution in [0.5, 0.6) is 0 Å². The predicted octanol–water partition coefficient (Wildman–Crippen LogP) is 4.03. The summed E-state index contributed by atoms with van der Waals surface area (Å²) in [4.78, 5) is 7.86. The second kappa shape index (κ2) is 5.03. The van der Waals surface area contributed by atoms with Crippen LogP contribution in [0.3, 0.4) is 0 Å². The normalized spacial score (nSPS) is 11.1. The number of aromatic amines is 1. The van der Waals surface area contributed by atoms with Crippen LogP contribution in [0.4, 0.5) is 0 Å². The van der Waals surface area contributed by atoms with Gasteiger partial charge in [-0.15, -0.1) is 0 Å². The van der Waals surface area contributed by atoms with Gasteiger partial charge in [0.15, 0.2) is 0 Å². The molecule has 0 fully saturated rings. The molecule has 3 rings (SSSR count). The number of halogens is 1. The topological polar surface area (TPSA) is 37.9 Å². The molecule has 0 atom stereocenters. The summed E-state index contributed by atoms with van der Waals surface area (Å²) in [7, 11) is 1.69. The number of H-pyrrole nitrogens is 1. The average Bonchev–Trinajstić information content (AvgIpc) is 2.82. The van der Waals surface area contributed by atoms with Gasteiger partial charge in [-0.25, -0.2) is 4.98 Å². The van der Waals surface area contributed by atoms with Crippen LogP contribution in [0.25, 0.3) is 22.4 Å². The Bertz CT molecular complexity index is 721. The van der Waals surface area contributed by atoms with Crippen LogP contribution in [0.2, 0.25) is 5.02 Å². The maximum atomic E-state index is 5.98. The van der Waals surface area contributed by atoms with Crippen molar-refractivity contribution in [1.82, 2.24) is 9.97 Å². The first-order valence-electron chi connectivity index (χ1n) is 6.00. The van der Waals surface area contributed by atoms with Crippen molar-refractivity contribution < 1.29 is 4.74 Å². The summed E-state index contributed by atoms with van der Waals surface area (Å²) in [5.41, 5.74) is 4.02. The molecule has 0 amide bonds. The molecule has 1 N–H and O–H groups in total. The number of methoxy groups -OCH3 is 1. The van der Waals surface area contributed by atoms with Gasteiger partial charge < -0.3 is 9.72 Å². The highest BCUT2D eigenvalue weighted by Gasteiger charge is 2.06. The molecule has 0 aliphatic rings. The molecule has 4 heteroatoms. The van der Waals surface area contributed by atoms with Gasteiger partial charge in [-0.05, 0) is 29.8 Å². The monoisotopic (exact) mass is 272 g/mol. The molecule has 0 saturated heterocycles. The lowest BCUT2D eigenvalue weighted by atomic mass is 10.1. The van der Waals surface area contributed by atoms with Crippen molar-refractivity contribution in [2.75, 3.05) is 7.11 Å². The van der Waals surface area contributed by atoms with E-state index in [-0.39, 0.29) is 0 Å². The van der Waals surface area contributed by atoms with Gasteiger partial charge in [-0.2, -0.15) is 0 Å². The maximum absolute atomic E-state index is 5.98. The molecule has 0 aliphatic carbocycles. The van der Waals surface area contributed by atoms with Crippen LogP contribution < -0.4 is 0 Å². The molecular weight excluding hydrogens is 260 g/mol. The van der Waals surface area contributed by atoms with Crippen LogP contribution in [0.15, 0.2) is 42.5 Å². The van der Waals surface area contributed by atoms with Gasteiger partial charge in [-0.3, -0.25) is 0 Å². The Morgan fingerprint density at radius 2 is 2.11 bits per heavy atom. The number of aromatic nitrogens is 2. The summed E-state index contributed by atoms with van der Waals surface area (Å²) in [6.45, 7) is 0.597. The Kier molecular flexibility index (Phi) is 3.23. The van der Waals surface area contributed by atoms with E-state index in [1.54, 1.807) is 7.11 Å². The first kappa shape index (κ1) is 12.2. The third-order valence-electron chi connectivity index (χ3n) is 2.96. The number of hydrogen-bond donors (Lipinski definition) is 1. The van der Waals surface area contributed by atoms with Gasteiger partial charge in [-0.1, -0.05) is 29.8 Å². The maximum Gasteiger partial charge on any atom is 0.138 e. The van der Waals surface area contributed by atoms with E-state index in [0.717, 1.165) is 28.0 Å². The standard InChI is InChI=1S/C15H13ClN2O/c1-19-9-10-3-2-4-11(7-10)15-17-13-6-5-12(16)8-14(13)18-15/h2-8H,9H2,1H3,(H,17,18). The molecule has 1 aromatic heterocycles. The molecule has 19 heavy (non-hydrogen) atoms. The number of imidazole rings is 1. The summed E-state index contributed by atoms with van der Waals surface area (Å²) >= 11 is 5.98. The third kappa shape index (κ3) is 2.48. The second-order valence-electron chi connectivity index (χ2n) is 4.38. The van der Waals surface area contributed by atoms with Crippen molar-refractivity contribution in [2.24, 2.45) is 0 Å². The van der Waals surface area contributed by atoms with Crippen molar-refractivity contribution in [3.63, 3.8) is 0 Å². The first-order chi connectivity index (χ1) is 9.26. The van der Waals surface area contributed by atoms with Gasteiger partial charge in [0.2, 0.25) is 0 Å². The van der Waals surface area contributed by atoms with E-state index in [1.807, 2.05) is 36.4 Å². The lowest BCUT2D eigenvalue weighted by Gasteiger charge is -2.01. The molecule has 0 radical (unpaired) electrons. The molecule has 0 aliphatic heterocycles. The summed E-state index contributed by atoms with van der Waals surface area (Å²) < 4.78 is 5.15. The number of rotatable bonds is 3. The average molecular weight is 273 g/mol. The Labute approximate surface area is 116 Å². The Morgan fingerprint density at radius 3 is 2.95 bits per heavy atom. The highest BCUT2D eigenvalue weighted by atomic mass is 35.5. The van der Waals surface area contributed by atoms with Crippen molar-refractivity contribution in [3.8, 4) is 11.4 Å². The summed E-state index contributed by atoms with van der Waals surface area (Å²) in [6, 6.07) is 13.8. The molecule has 1 heterocycles. The SMILES string of the molecule is COCc1cccc(-c2nc3ccc(Cl)cc3[nH]2)c1. The van der Waals surface area contributed by atoms with Crippen molar-refractivity contribution in [1.29, 1.82) is 0 Å². The zero-order chi connectivity index (χ0) is 13.2. The fourth-order valence-electron chi connectivity index (χ4n) is 2.09. The minimum Gasteiger partial charge on any atom is -0.380 e. The number of fused-ring (bicyclic) bond motifs is 1. The summed E-state index contributed by atoms with van der Waals surface area (Å²) in [5.74, 6) is 0.843. The highest BCUT2D eigenvalue weighted by molar-refractivity contribution is 6.31. The molecule has 96 valence electrons. The van der Waals surface area contributed by atoms with Crippen LogP contribution in [0.1, 0.15) is 5.56 Å². The quantitative estimate of drug-likeness (QED) is 0.782. The van der Waals surface area contributed by atoms with E-state index < -0.39 is 0 Å². The van der Waals surface area contributed by atoms with Crippen molar-refractivity contribution in [2.45, 2.75) is 6.61 Å². The summed E-state index contributed by atoms with van der Waals surface area (Å²) in [6.07, 6.45) is 0. The Morgan fingerprint density at radius 1 is 1.21 bits per heavy atom. The van der Waals surface area contributed by atoms with Crippen LogP contribution >= 0.6 is 11.6 Å². The van der Waals surface area contributed by atoms with Gasteiger partial charge in [0, 0.05) is 17.7 Å². The molecule has 0 saturated carbocycles. The van der Waals surface area contributed by atoms with Gasteiger partial charge in [0.1, 0.15) is 5.82 Å². The molecule has 3 aromatic rings. The smallest absolute Gasteiger partial charge is 0.138 e. The number of nitrogens with one attached hydrogen (secondary N) is 1. The lowest BCUT2D eigenvalue weighted by molar-refractivity contribution is 0.185. The van der Waals surface area contributed by atoms with E-state index in [0.29, 0.717) is 11.6 Å². The van der Waals surface area contributed by atoms with Crippen molar-refractivity contribution in [3.05, 3.63) is 53.1 Å². The van der Waals surface area contributed by atoms with Gasteiger partial charge >= 0.3 is 0 Å². The minimum absolute atomic E-state index is 0.597. The number of nitrogens with zero attached hydrogens (tertiary/aromatic N) is 1. The number of benzene rings is 2. The van der Waals surface area contributed by atoms with Gasteiger partial charge in [0.05, 0.1) is 17.6 Å². The minimum atomic E-state index is 0.597. The van der Waals surface area contributed by atoms with Crippen LogP contribution in [0, 0.1) is 0 Å².